The van der Waals surface area contributed by atoms with Crippen molar-refractivity contribution in [3.05, 3.63) is 65.7 Å². The number of amides is 1. The molecule has 3 rings (SSSR count). The van der Waals surface area contributed by atoms with E-state index in [0.29, 0.717) is 13.1 Å². The van der Waals surface area contributed by atoms with Crippen LogP contribution in [0.2, 0.25) is 0 Å². The number of hydrogen-bond acceptors (Lipinski definition) is 3. The summed E-state index contributed by atoms with van der Waals surface area (Å²) in [5, 5.41) is 9.14. The van der Waals surface area contributed by atoms with Gasteiger partial charge in [0.05, 0.1) is 11.6 Å². The van der Waals surface area contributed by atoms with Crippen molar-refractivity contribution in [2.75, 3.05) is 18.0 Å². The van der Waals surface area contributed by atoms with E-state index in [1.165, 1.54) is 0 Å². The molecule has 0 aromatic heterocycles. The number of carboxylic acid groups (broad SMARTS) is 1. The average Bonchev–Trinajstić information content (AvgIpc) is 3.02. The zero-order valence-corrected chi connectivity index (χ0v) is 14.3. The van der Waals surface area contributed by atoms with Crippen molar-refractivity contribution in [3.63, 3.8) is 0 Å². The van der Waals surface area contributed by atoms with Gasteiger partial charge in [0.25, 0.3) is 0 Å². The van der Waals surface area contributed by atoms with Crippen molar-refractivity contribution in [3.8, 4) is 0 Å². The second-order valence-corrected chi connectivity index (χ2v) is 6.20. The molecule has 1 amide bonds. The summed E-state index contributed by atoms with van der Waals surface area (Å²) < 4.78 is 0. The Labute approximate surface area is 147 Å². The highest BCUT2D eigenvalue weighted by Gasteiger charge is 2.36. The normalized spacial score (nSPS) is 17.3. The van der Waals surface area contributed by atoms with Crippen molar-refractivity contribution in [2.45, 2.75) is 25.9 Å². The minimum Gasteiger partial charge on any atom is -0.478 e. The van der Waals surface area contributed by atoms with Crippen LogP contribution in [0.1, 0.15) is 29.3 Å². The number of benzene rings is 2. The number of para-hydroxylation sites is 1. The molecule has 0 saturated carbocycles. The van der Waals surface area contributed by atoms with Crippen molar-refractivity contribution >= 4 is 17.6 Å². The van der Waals surface area contributed by atoms with Crippen LogP contribution in [0.5, 0.6) is 0 Å². The van der Waals surface area contributed by atoms with Crippen LogP contribution >= 0.6 is 0 Å². The topological polar surface area (TPSA) is 60.9 Å². The molecule has 2 aromatic carbocycles. The lowest BCUT2D eigenvalue weighted by atomic mass is 10.1. The maximum Gasteiger partial charge on any atom is 0.335 e. The van der Waals surface area contributed by atoms with E-state index in [4.69, 9.17) is 5.11 Å². The molecular formula is C20H22N2O3. The molecule has 1 fully saturated rings. The summed E-state index contributed by atoms with van der Waals surface area (Å²) >= 11 is 0. The Morgan fingerprint density at radius 1 is 1.20 bits per heavy atom. The number of carbonyl (C=O) groups excluding carboxylic acids is 1. The molecule has 1 aliphatic rings. The Morgan fingerprint density at radius 2 is 1.96 bits per heavy atom. The summed E-state index contributed by atoms with van der Waals surface area (Å²) in [6.07, 6.45) is 0.778. The average molecular weight is 338 g/mol. The third-order valence-electron chi connectivity index (χ3n) is 4.65. The third-order valence-corrected chi connectivity index (χ3v) is 4.65. The number of carbonyl (C=O) groups is 2. The number of aromatic carboxylic acids is 1. The monoisotopic (exact) mass is 338 g/mol. The van der Waals surface area contributed by atoms with Gasteiger partial charge in [-0.25, -0.2) is 4.79 Å². The molecule has 5 nitrogen and oxygen atoms in total. The smallest absolute Gasteiger partial charge is 0.335 e. The second-order valence-electron chi connectivity index (χ2n) is 6.20. The molecule has 1 saturated heterocycles. The van der Waals surface area contributed by atoms with Gasteiger partial charge < -0.3 is 10.0 Å². The summed E-state index contributed by atoms with van der Waals surface area (Å²) in [6.45, 7) is 4.03. The van der Waals surface area contributed by atoms with Crippen LogP contribution in [-0.4, -0.2) is 41.0 Å². The van der Waals surface area contributed by atoms with E-state index in [1.807, 2.05) is 48.2 Å². The van der Waals surface area contributed by atoms with Gasteiger partial charge in [-0.1, -0.05) is 37.3 Å². The van der Waals surface area contributed by atoms with Crippen LogP contribution in [-0.2, 0) is 11.3 Å². The van der Waals surface area contributed by atoms with Gasteiger partial charge >= 0.3 is 5.97 Å². The van der Waals surface area contributed by atoms with Crippen molar-refractivity contribution in [2.24, 2.45) is 0 Å². The predicted molar refractivity (Wildman–Crippen MR) is 96.7 cm³/mol. The van der Waals surface area contributed by atoms with Crippen molar-refractivity contribution in [1.82, 2.24) is 4.90 Å². The first-order chi connectivity index (χ1) is 12.1. The molecular weight excluding hydrogens is 316 g/mol. The quantitative estimate of drug-likeness (QED) is 0.879. The summed E-state index contributed by atoms with van der Waals surface area (Å²) in [5.74, 6) is -0.820. The van der Waals surface area contributed by atoms with Crippen molar-refractivity contribution in [1.29, 1.82) is 0 Å². The van der Waals surface area contributed by atoms with Gasteiger partial charge in [-0.2, -0.15) is 0 Å². The van der Waals surface area contributed by atoms with Gasteiger partial charge in [-0.05, 0) is 42.8 Å². The van der Waals surface area contributed by atoms with Gasteiger partial charge in [-0.3, -0.25) is 9.69 Å². The minimum atomic E-state index is -0.933. The maximum atomic E-state index is 12.9. The summed E-state index contributed by atoms with van der Waals surface area (Å²) in [7, 11) is 0. The lowest BCUT2D eigenvalue weighted by Gasteiger charge is -2.27. The van der Waals surface area contributed by atoms with E-state index >= 15 is 0 Å². The Hall–Kier alpha value is -2.66. The first-order valence-electron chi connectivity index (χ1n) is 8.53. The summed E-state index contributed by atoms with van der Waals surface area (Å²) in [5.41, 5.74) is 2.11. The number of anilines is 1. The van der Waals surface area contributed by atoms with Gasteiger partial charge in [0, 0.05) is 18.8 Å². The molecule has 2 aromatic rings. The summed E-state index contributed by atoms with van der Waals surface area (Å²) in [4.78, 5) is 28.0. The van der Waals surface area contributed by atoms with Crippen molar-refractivity contribution < 1.29 is 14.7 Å². The first-order valence-corrected chi connectivity index (χ1v) is 8.53. The van der Waals surface area contributed by atoms with Gasteiger partial charge in [0.2, 0.25) is 5.91 Å². The van der Waals surface area contributed by atoms with E-state index < -0.39 is 5.97 Å². The fourth-order valence-electron chi connectivity index (χ4n) is 3.35. The van der Waals surface area contributed by atoms with E-state index in [1.54, 1.807) is 18.2 Å². The van der Waals surface area contributed by atoms with Gasteiger partial charge in [0.15, 0.2) is 0 Å². The Bertz CT molecular complexity index is 761. The molecule has 0 spiro atoms. The Kier molecular flexibility index (Phi) is 5.14. The van der Waals surface area contributed by atoms with E-state index in [-0.39, 0.29) is 17.5 Å². The number of carboxylic acids is 1. The molecule has 1 N–H and O–H groups in total. The number of rotatable bonds is 6. The largest absolute Gasteiger partial charge is 0.478 e. The number of nitrogens with zero attached hydrogens (tertiary/aromatic N) is 2. The molecule has 1 atom stereocenters. The molecule has 0 bridgehead atoms. The molecule has 5 heteroatoms. The minimum absolute atomic E-state index is 0.113. The maximum absolute atomic E-state index is 12.9. The van der Waals surface area contributed by atoms with Gasteiger partial charge in [-0.15, -0.1) is 0 Å². The highest BCUT2D eigenvalue weighted by Crippen LogP contribution is 2.25. The number of likely N-dealkylation sites (N-methyl/N-ethyl adjacent to an activating group) is 1. The second kappa shape index (κ2) is 7.49. The molecule has 0 aliphatic carbocycles. The predicted octanol–water partition coefficient (Wildman–Crippen LogP) is 3.01. The molecule has 1 aliphatic heterocycles. The zero-order valence-electron chi connectivity index (χ0n) is 14.3. The van der Waals surface area contributed by atoms with Gasteiger partial charge in [0.1, 0.15) is 0 Å². The lowest BCUT2D eigenvalue weighted by Crippen LogP contribution is -2.41. The molecule has 25 heavy (non-hydrogen) atoms. The highest BCUT2D eigenvalue weighted by atomic mass is 16.4. The SMILES string of the molecule is CCN(Cc1cccc(C(=O)O)c1)C1CCN(c2ccccc2)C1=O. The first kappa shape index (κ1) is 17.2. The Morgan fingerprint density at radius 3 is 2.64 bits per heavy atom. The van der Waals surface area contributed by atoms with Crippen LogP contribution in [0.4, 0.5) is 5.69 Å². The number of hydrogen-bond donors (Lipinski definition) is 1. The van der Waals surface area contributed by atoms with Crippen LogP contribution in [0, 0.1) is 0 Å². The van der Waals surface area contributed by atoms with E-state index in [9.17, 15) is 9.59 Å². The van der Waals surface area contributed by atoms with E-state index in [0.717, 1.165) is 24.2 Å². The molecule has 0 radical (unpaired) electrons. The van der Waals surface area contributed by atoms with Crippen LogP contribution in [0.3, 0.4) is 0 Å². The third kappa shape index (κ3) is 3.72. The molecule has 1 heterocycles. The summed E-state index contributed by atoms with van der Waals surface area (Å²) in [6, 6.07) is 16.5. The van der Waals surface area contributed by atoms with E-state index in [2.05, 4.69) is 4.90 Å². The van der Waals surface area contributed by atoms with Crippen LogP contribution in [0.15, 0.2) is 54.6 Å². The molecule has 1 unspecified atom stereocenters. The zero-order chi connectivity index (χ0) is 17.8. The fraction of sp³-hybridized carbons (Fsp3) is 0.300. The molecule has 130 valence electrons. The van der Waals surface area contributed by atoms with Crippen LogP contribution in [0.25, 0.3) is 0 Å². The highest BCUT2D eigenvalue weighted by molar-refractivity contribution is 5.99. The fourth-order valence-corrected chi connectivity index (χ4v) is 3.35. The standard InChI is InChI=1S/C20H22N2O3/c1-2-21(14-15-7-6-8-16(13-15)20(24)25)18-11-12-22(19(18)23)17-9-4-3-5-10-17/h3-10,13,18H,2,11-12,14H2,1H3,(H,24,25). The lowest BCUT2D eigenvalue weighted by molar-refractivity contribution is -0.121. The van der Waals surface area contributed by atoms with Crippen LogP contribution < -0.4 is 4.90 Å². The Balaban J connectivity index is 1.74.